The second kappa shape index (κ2) is 5.82. The molecule has 0 aromatic rings. The molecule has 0 spiro atoms. The van der Waals surface area contributed by atoms with E-state index in [0.29, 0.717) is 6.54 Å². The molecule has 0 aromatic heterocycles. The molecule has 2 unspecified atom stereocenters. The van der Waals surface area contributed by atoms with Crippen LogP contribution in [0.5, 0.6) is 0 Å². The van der Waals surface area contributed by atoms with Gasteiger partial charge in [0.25, 0.3) is 0 Å². The highest BCUT2D eigenvalue weighted by atomic mass is 16.2. The van der Waals surface area contributed by atoms with Crippen LogP contribution in [0.1, 0.15) is 55.4 Å². The molecule has 2 atom stereocenters. The molecule has 2 amide bonds. The first-order valence-electron chi connectivity index (χ1n) is 7.60. The number of carbonyl (C=O) groups excluding carboxylic acids is 2. The Balaban J connectivity index is 3.21. The highest BCUT2D eigenvalue weighted by Crippen LogP contribution is 2.32. The molecule has 1 aliphatic rings. The molecule has 120 valence electrons. The smallest absolute Gasteiger partial charge is 0.246 e. The van der Waals surface area contributed by atoms with Crippen LogP contribution in [0.25, 0.3) is 0 Å². The van der Waals surface area contributed by atoms with Gasteiger partial charge in [-0.3, -0.25) is 9.59 Å². The van der Waals surface area contributed by atoms with Crippen molar-refractivity contribution in [1.82, 2.24) is 10.2 Å². The molecule has 1 N–H and O–H groups in total. The molecular weight excluding hydrogens is 264 g/mol. The van der Waals surface area contributed by atoms with Gasteiger partial charge in [0, 0.05) is 6.54 Å². The highest BCUT2D eigenvalue weighted by Gasteiger charge is 2.48. The van der Waals surface area contributed by atoms with E-state index in [1.807, 2.05) is 61.5 Å². The molecule has 0 aliphatic carbocycles. The van der Waals surface area contributed by atoms with Crippen LogP contribution in [0.4, 0.5) is 0 Å². The number of rotatable bonds is 2. The zero-order valence-electron chi connectivity index (χ0n) is 14.7. The summed E-state index contributed by atoms with van der Waals surface area (Å²) in [6.45, 7) is 16.4. The van der Waals surface area contributed by atoms with E-state index >= 15 is 0 Å². The van der Waals surface area contributed by atoms with Crippen molar-refractivity contribution in [1.29, 1.82) is 0 Å². The molecular formula is C17H30N2O2. The molecule has 1 saturated heterocycles. The topological polar surface area (TPSA) is 49.4 Å². The Labute approximate surface area is 129 Å². The Morgan fingerprint density at radius 3 is 2.00 bits per heavy atom. The summed E-state index contributed by atoms with van der Waals surface area (Å²) in [5.74, 6) is -0.0382. The maximum absolute atomic E-state index is 12.9. The van der Waals surface area contributed by atoms with Gasteiger partial charge in [-0.15, -0.1) is 0 Å². The molecule has 0 radical (unpaired) electrons. The first kappa shape index (κ1) is 17.7. The lowest BCUT2D eigenvalue weighted by Crippen LogP contribution is -2.69. The fourth-order valence-electron chi connectivity index (χ4n) is 2.64. The minimum absolute atomic E-state index is 0.0134. The molecule has 4 heteroatoms. The van der Waals surface area contributed by atoms with Gasteiger partial charge in [0.2, 0.25) is 11.8 Å². The van der Waals surface area contributed by atoms with Gasteiger partial charge in [-0.25, -0.2) is 0 Å². The molecule has 0 bridgehead atoms. The molecule has 4 nitrogen and oxygen atoms in total. The maximum Gasteiger partial charge on any atom is 0.246 e. The Bertz CT molecular complexity index is 448. The number of piperazine rings is 1. The van der Waals surface area contributed by atoms with Crippen molar-refractivity contribution >= 4 is 11.8 Å². The third-order valence-corrected chi connectivity index (χ3v) is 3.76. The second-order valence-electron chi connectivity index (χ2n) is 8.35. The van der Waals surface area contributed by atoms with E-state index < -0.39 is 12.1 Å². The summed E-state index contributed by atoms with van der Waals surface area (Å²) in [6, 6.07) is -0.895. The quantitative estimate of drug-likeness (QED) is 0.796. The number of hydrogen-bond acceptors (Lipinski definition) is 2. The lowest BCUT2D eigenvalue weighted by molar-refractivity contribution is -0.156. The predicted molar refractivity (Wildman–Crippen MR) is 85.8 cm³/mol. The van der Waals surface area contributed by atoms with Crippen molar-refractivity contribution in [3.05, 3.63) is 11.6 Å². The fraction of sp³-hybridized carbons (Fsp3) is 0.765. The number of hydrogen-bond donors (Lipinski definition) is 1. The largest absolute Gasteiger partial charge is 0.342 e. The minimum atomic E-state index is -0.464. The Kier molecular flexibility index (Phi) is 4.91. The first-order valence-corrected chi connectivity index (χ1v) is 7.60. The van der Waals surface area contributed by atoms with Crippen LogP contribution in [0, 0.1) is 10.8 Å². The minimum Gasteiger partial charge on any atom is -0.342 e. The zero-order chi connectivity index (χ0) is 16.6. The molecule has 0 saturated carbocycles. The molecule has 1 rings (SSSR count). The van der Waals surface area contributed by atoms with E-state index in [2.05, 4.69) is 5.32 Å². The monoisotopic (exact) mass is 294 g/mol. The predicted octanol–water partition coefficient (Wildman–Crippen LogP) is 2.74. The van der Waals surface area contributed by atoms with E-state index in [-0.39, 0.29) is 22.6 Å². The summed E-state index contributed by atoms with van der Waals surface area (Å²) >= 11 is 0. The van der Waals surface area contributed by atoms with Crippen molar-refractivity contribution in [2.75, 3.05) is 6.54 Å². The van der Waals surface area contributed by atoms with Crippen molar-refractivity contribution in [2.24, 2.45) is 10.8 Å². The van der Waals surface area contributed by atoms with Crippen LogP contribution in [0.15, 0.2) is 11.6 Å². The van der Waals surface area contributed by atoms with Gasteiger partial charge in [-0.2, -0.15) is 0 Å². The average molecular weight is 294 g/mol. The Hall–Kier alpha value is -1.32. The number of nitrogens with zero attached hydrogens (tertiary/aromatic N) is 1. The summed E-state index contributed by atoms with van der Waals surface area (Å²) < 4.78 is 0. The third-order valence-electron chi connectivity index (χ3n) is 3.76. The number of allylic oxidation sites excluding steroid dienone is 1. The second-order valence-corrected chi connectivity index (χ2v) is 8.35. The van der Waals surface area contributed by atoms with Crippen molar-refractivity contribution in [3.63, 3.8) is 0 Å². The molecule has 1 fully saturated rings. The maximum atomic E-state index is 12.9. The van der Waals surface area contributed by atoms with E-state index in [0.717, 1.165) is 5.57 Å². The normalized spacial score (nSPS) is 23.9. The summed E-state index contributed by atoms with van der Waals surface area (Å²) in [6.07, 6.45) is 2.01. The van der Waals surface area contributed by atoms with Gasteiger partial charge in [0.05, 0.1) is 0 Å². The molecule has 0 aromatic carbocycles. The van der Waals surface area contributed by atoms with E-state index in [9.17, 15) is 9.59 Å². The van der Waals surface area contributed by atoms with Crippen LogP contribution in [0.3, 0.4) is 0 Å². The Morgan fingerprint density at radius 2 is 1.62 bits per heavy atom. The Morgan fingerprint density at radius 1 is 1.10 bits per heavy atom. The van der Waals surface area contributed by atoms with Gasteiger partial charge < -0.3 is 10.2 Å². The summed E-state index contributed by atoms with van der Waals surface area (Å²) in [5, 5.41) is 2.93. The first-order chi connectivity index (χ1) is 9.35. The van der Waals surface area contributed by atoms with Crippen molar-refractivity contribution in [3.8, 4) is 0 Å². The van der Waals surface area contributed by atoms with Gasteiger partial charge in [-0.05, 0) is 24.7 Å². The van der Waals surface area contributed by atoms with Crippen LogP contribution in [-0.2, 0) is 9.59 Å². The van der Waals surface area contributed by atoms with Gasteiger partial charge in [0.15, 0.2) is 0 Å². The van der Waals surface area contributed by atoms with Gasteiger partial charge in [0.1, 0.15) is 12.1 Å². The van der Waals surface area contributed by atoms with Crippen LogP contribution in [-0.4, -0.2) is 35.3 Å². The summed E-state index contributed by atoms with van der Waals surface area (Å²) in [7, 11) is 0. The number of carbonyl (C=O) groups is 2. The standard InChI is InChI=1S/C17H30N2O2/c1-11(2)9-10-19-13(17(6,7)8)14(20)18-12(15(19)21)16(3,4)5/h9,12-13H,10H2,1-8H3,(H,18,20). The average Bonchev–Trinajstić information content (AvgIpc) is 2.25. The van der Waals surface area contributed by atoms with Crippen LogP contribution >= 0.6 is 0 Å². The third kappa shape index (κ3) is 4.08. The zero-order valence-corrected chi connectivity index (χ0v) is 14.7. The lowest BCUT2D eigenvalue weighted by atomic mass is 9.78. The summed E-state index contributed by atoms with van der Waals surface area (Å²) in [5.41, 5.74) is 0.561. The van der Waals surface area contributed by atoms with E-state index in [1.54, 1.807) is 4.90 Å². The van der Waals surface area contributed by atoms with Gasteiger partial charge >= 0.3 is 0 Å². The SMILES string of the molecule is CC(C)=CCN1C(=O)C(C(C)(C)C)NC(=O)C1C(C)(C)C. The van der Waals surface area contributed by atoms with Crippen molar-refractivity contribution < 1.29 is 9.59 Å². The van der Waals surface area contributed by atoms with Crippen molar-refractivity contribution in [2.45, 2.75) is 67.5 Å². The highest BCUT2D eigenvalue weighted by molar-refractivity contribution is 5.98. The molecule has 1 aliphatic heterocycles. The number of amides is 2. The lowest BCUT2D eigenvalue weighted by Gasteiger charge is -2.47. The van der Waals surface area contributed by atoms with E-state index in [1.165, 1.54) is 0 Å². The summed E-state index contributed by atoms with van der Waals surface area (Å²) in [4.78, 5) is 27.2. The number of nitrogens with one attached hydrogen (secondary N) is 1. The fourth-order valence-corrected chi connectivity index (χ4v) is 2.64. The molecule has 1 heterocycles. The van der Waals surface area contributed by atoms with Crippen LogP contribution < -0.4 is 5.32 Å². The van der Waals surface area contributed by atoms with E-state index in [4.69, 9.17) is 0 Å². The van der Waals surface area contributed by atoms with Crippen LogP contribution in [0.2, 0.25) is 0 Å². The molecule has 21 heavy (non-hydrogen) atoms. The van der Waals surface area contributed by atoms with Gasteiger partial charge in [-0.1, -0.05) is 53.2 Å².